The van der Waals surface area contributed by atoms with E-state index in [4.69, 9.17) is 48.9 Å². The summed E-state index contributed by atoms with van der Waals surface area (Å²) < 4.78 is 26.1. The second kappa shape index (κ2) is 25.7. The Labute approximate surface area is 341 Å². The van der Waals surface area contributed by atoms with Gasteiger partial charge in [-0.05, 0) is 83.3 Å². The summed E-state index contributed by atoms with van der Waals surface area (Å²) in [5.74, 6) is -0.534. The first-order valence-corrected chi connectivity index (χ1v) is 19.7. The topological polar surface area (TPSA) is 0 Å². The molecule has 7 heteroatoms. The minimum absolute atomic E-state index is 0. The van der Waals surface area contributed by atoms with E-state index in [0.29, 0.717) is 19.5 Å². The number of hydrogen-bond donors (Lipinski definition) is 0. The molecule has 0 aromatic heterocycles. The number of aryl methyl sites for hydroxylation is 2. The Hall–Kier alpha value is -2.21. The van der Waals surface area contributed by atoms with Crippen molar-refractivity contribution in [2.75, 3.05) is 0 Å². The molecular formula is C44H50F2PtS4. The largest absolute Gasteiger partial charge is 0.207 e. The Kier molecular flexibility index (Phi) is 22.7. The minimum Gasteiger partial charge on any atom is -0.207 e. The average molecular weight is 940 g/mol. The summed E-state index contributed by atoms with van der Waals surface area (Å²) in [6.07, 6.45) is 18.0. The average Bonchev–Trinajstić information content (AvgIpc) is 3.14. The first-order valence-electron chi connectivity index (χ1n) is 18.1. The van der Waals surface area contributed by atoms with Crippen LogP contribution >= 0.6 is 48.9 Å². The van der Waals surface area contributed by atoms with Crippen LogP contribution in [0.2, 0.25) is 0 Å². The van der Waals surface area contributed by atoms with E-state index in [1.807, 2.05) is 24.3 Å². The molecule has 4 aromatic rings. The SMILES string of the molecule is CCCCCCCCc1ccc(C(=S)C(=S)c2ccc(F)cc2)cc1.CCCCCCCCc1ccc(C(=S)C(=S)c2ccc(F)cc2)cc1.[Pt]. The molecule has 0 spiro atoms. The molecule has 0 aliphatic heterocycles. The monoisotopic (exact) mass is 939 g/mol. The summed E-state index contributed by atoms with van der Waals surface area (Å²) >= 11 is 21.9. The van der Waals surface area contributed by atoms with Crippen LogP contribution in [0.1, 0.15) is 124 Å². The fourth-order valence-corrected chi connectivity index (χ4v) is 6.61. The molecule has 0 aliphatic rings. The maximum atomic E-state index is 13.0. The van der Waals surface area contributed by atoms with Gasteiger partial charge in [-0.2, -0.15) is 0 Å². The summed E-state index contributed by atoms with van der Waals surface area (Å²) in [4.78, 5) is 2.48. The van der Waals surface area contributed by atoms with Crippen molar-refractivity contribution >= 4 is 68.3 Å². The quantitative estimate of drug-likeness (QED) is 0.0492. The zero-order valence-electron chi connectivity index (χ0n) is 29.8. The standard InChI is InChI=1S/2C22H25FS2.Pt/c2*1-2-3-4-5-6-7-8-17-9-11-18(12-10-17)21(24)22(25)19-13-15-20(23)16-14-19;/h2*9-16H,2-8H2,1H3;. The summed E-state index contributed by atoms with van der Waals surface area (Å²) in [5, 5.41) is 0. The van der Waals surface area contributed by atoms with E-state index in [2.05, 4.69) is 38.1 Å². The van der Waals surface area contributed by atoms with Crippen molar-refractivity contribution in [2.45, 2.75) is 104 Å². The molecule has 0 saturated heterocycles. The molecule has 0 nitrogen and oxygen atoms in total. The van der Waals surface area contributed by atoms with E-state index in [0.717, 1.165) is 35.1 Å². The number of hydrogen-bond acceptors (Lipinski definition) is 4. The predicted molar refractivity (Wildman–Crippen MR) is 227 cm³/mol. The van der Waals surface area contributed by atoms with Gasteiger partial charge in [0, 0.05) is 21.1 Å². The molecule has 274 valence electrons. The number of rotatable bonds is 20. The van der Waals surface area contributed by atoms with Gasteiger partial charge in [-0.3, -0.25) is 0 Å². The maximum Gasteiger partial charge on any atom is 0.123 e. The maximum absolute atomic E-state index is 13.0. The van der Waals surface area contributed by atoms with Gasteiger partial charge in [0.25, 0.3) is 0 Å². The van der Waals surface area contributed by atoms with E-state index in [-0.39, 0.29) is 32.7 Å². The fourth-order valence-electron chi connectivity index (χ4n) is 5.59. The van der Waals surface area contributed by atoms with Crippen molar-refractivity contribution in [1.82, 2.24) is 0 Å². The number of halogens is 2. The summed E-state index contributed by atoms with van der Waals surface area (Å²) in [5.41, 5.74) is 6.17. The zero-order chi connectivity index (χ0) is 36.1. The van der Waals surface area contributed by atoms with Crippen LogP contribution in [0.4, 0.5) is 8.78 Å². The van der Waals surface area contributed by atoms with Crippen LogP contribution in [-0.4, -0.2) is 19.5 Å². The molecule has 0 amide bonds. The van der Waals surface area contributed by atoms with E-state index in [1.165, 1.54) is 112 Å². The molecule has 51 heavy (non-hydrogen) atoms. The number of thiocarbonyl (C=S) groups is 4. The van der Waals surface area contributed by atoms with E-state index in [1.54, 1.807) is 24.3 Å². The van der Waals surface area contributed by atoms with Crippen molar-refractivity contribution < 1.29 is 29.8 Å². The summed E-state index contributed by atoms with van der Waals surface area (Å²) in [6.45, 7) is 4.49. The van der Waals surface area contributed by atoms with Crippen molar-refractivity contribution in [2.24, 2.45) is 0 Å². The molecule has 4 aromatic carbocycles. The van der Waals surface area contributed by atoms with Gasteiger partial charge in [-0.1, -0.05) is 200 Å². The van der Waals surface area contributed by atoms with Gasteiger partial charge < -0.3 is 0 Å². The van der Waals surface area contributed by atoms with E-state index < -0.39 is 0 Å². The van der Waals surface area contributed by atoms with Gasteiger partial charge in [0.05, 0.1) is 19.5 Å². The third-order valence-corrected chi connectivity index (χ3v) is 10.7. The first kappa shape index (κ1) is 44.9. The van der Waals surface area contributed by atoms with E-state index in [9.17, 15) is 8.78 Å². The second-order valence-electron chi connectivity index (χ2n) is 12.8. The smallest absolute Gasteiger partial charge is 0.123 e. The summed E-state index contributed by atoms with van der Waals surface area (Å²) in [7, 11) is 0. The Morgan fingerprint density at radius 3 is 0.882 bits per heavy atom. The van der Waals surface area contributed by atoms with Gasteiger partial charge in [-0.25, -0.2) is 8.78 Å². The van der Waals surface area contributed by atoms with Crippen LogP contribution in [0, 0.1) is 11.6 Å². The molecular weight excluding hydrogens is 890 g/mol. The second-order valence-corrected chi connectivity index (χ2v) is 14.4. The third kappa shape index (κ3) is 16.6. The van der Waals surface area contributed by atoms with E-state index >= 15 is 0 Å². The Morgan fingerprint density at radius 1 is 0.373 bits per heavy atom. The molecule has 4 rings (SSSR count). The van der Waals surface area contributed by atoms with Crippen LogP contribution in [0.25, 0.3) is 0 Å². The van der Waals surface area contributed by atoms with Crippen molar-refractivity contribution in [1.29, 1.82) is 0 Å². The number of benzene rings is 4. The van der Waals surface area contributed by atoms with Crippen molar-refractivity contribution in [3.05, 3.63) is 142 Å². The molecule has 0 heterocycles. The molecule has 0 radical (unpaired) electrons. The van der Waals surface area contributed by atoms with Crippen molar-refractivity contribution in [3.63, 3.8) is 0 Å². The normalized spacial score (nSPS) is 10.4. The minimum atomic E-state index is -0.267. The fraction of sp³-hybridized carbons (Fsp3) is 0.364. The van der Waals surface area contributed by atoms with Crippen molar-refractivity contribution in [3.8, 4) is 0 Å². The molecule has 0 aliphatic carbocycles. The molecule has 0 saturated carbocycles. The zero-order valence-corrected chi connectivity index (χ0v) is 35.4. The van der Waals surface area contributed by atoms with Gasteiger partial charge in [0.1, 0.15) is 11.6 Å². The molecule has 0 unspecified atom stereocenters. The molecule has 0 N–H and O–H groups in total. The summed E-state index contributed by atoms with van der Waals surface area (Å²) in [6, 6.07) is 29.1. The van der Waals surface area contributed by atoms with Crippen LogP contribution in [0.15, 0.2) is 97.1 Å². The molecule has 0 atom stereocenters. The number of unbranched alkanes of at least 4 members (excludes halogenated alkanes) is 10. The van der Waals surface area contributed by atoms with Gasteiger partial charge in [-0.15, -0.1) is 0 Å². The third-order valence-electron chi connectivity index (χ3n) is 8.70. The Balaban J connectivity index is 0.000000347. The molecule has 0 bridgehead atoms. The van der Waals surface area contributed by atoms with Gasteiger partial charge >= 0.3 is 0 Å². The predicted octanol–water partition coefficient (Wildman–Crippen LogP) is 13.7. The van der Waals surface area contributed by atoms with Gasteiger partial charge in [0.2, 0.25) is 0 Å². The molecule has 0 fully saturated rings. The van der Waals surface area contributed by atoms with Crippen LogP contribution in [0.5, 0.6) is 0 Å². The Bertz CT molecular complexity index is 1510. The van der Waals surface area contributed by atoms with Crippen LogP contribution in [0.3, 0.4) is 0 Å². The van der Waals surface area contributed by atoms with Crippen LogP contribution in [-0.2, 0) is 33.9 Å². The Morgan fingerprint density at radius 2 is 0.608 bits per heavy atom. The first-order chi connectivity index (χ1) is 24.2. The van der Waals surface area contributed by atoms with Crippen LogP contribution < -0.4 is 0 Å². The van der Waals surface area contributed by atoms with Gasteiger partial charge in [0.15, 0.2) is 0 Å².